The Balaban J connectivity index is 1.43. The highest BCUT2D eigenvalue weighted by Crippen LogP contribution is 2.33. The summed E-state index contributed by atoms with van der Waals surface area (Å²) in [5.41, 5.74) is 4.84. The summed E-state index contributed by atoms with van der Waals surface area (Å²) < 4.78 is 12.2. The average Bonchev–Trinajstić information content (AvgIpc) is 2.77. The number of aliphatic hydroxyl groups excluding tert-OH is 2. The van der Waals surface area contributed by atoms with Crippen molar-refractivity contribution in [1.82, 2.24) is 0 Å². The summed E-state index contributed by atoms with van der Waals surface area (Å²) >= 11 is 0. The molecule has 0 spiro atoms. The molecule has 0 bridgehead atoms. The van der Waals surface area contributed by atoms with Gasteiger partial charge < -0.3 is 19.7 Å². The van der Waals surface area contributed by atoms with E-state index >= 15 is 0 Å². The van der Waals surface area contributed by atoms with Gasteiger partial charge in [-0.05, 0) is 73.4 Å². The lowest BCUT2D eigenvalue weighted by atomic mass is 9.92. The molecular weight excluding hydrogens is 376 g/mol. The zero-order valence-corrected chi connectivity index (χ0v) is 17.9. The van der Waals surface area contributed by atoms with Gasteiger partial charge in [0.2, 0.25) is 0 Å². The van der Waals surface area contributed by atoms with Crippen LogP contribution in [-0.4, -0.2) is 35.1 Å². The van der Waals surface area contributed by atoms with Crippen LogP contribution >= 0.6 is 0 Å². The fourth-order valence-corrected chi connectivity index (χ4v) is 4.69. The van der Waals surface area contributed by atoms with Crippen LogP contribution in [0.1, 0.15) is 73.3 Å². The van der Waals surface area contributed by atoms with E-state index in [9.17, 15) is 10.2 Å². The van der Waals surface area contributed by atoms with Crippen LogP contribution in [0, 0.1) is 6.92 Å². The summed E-state index contributed by atoms with van der Waals surface area (Å²) in [6.45, 7) is 2.08. The Hall–Kier alpha value is -1.88. The maximum absolute atomic E-state index is 10.1. The molecule has 1 saturated carbocycles. The highest BCUT2D eigenvalue weighted by molar-refractivity contribution is 5.38. The molecule has 3 atom stereocenters. The van der Waals surface area contributed by atoms with E-state index in [-0.39, 0.29) is 18.8 Å². The van der Waals surface area contributed by atoms with E-state index in [0.29, 0.717) is 18.9 Å². The van der Waals surface area contributed by atoms with Gasteiger partial charge in [-0.3, -0.25) is 0 Å². The Morgan fingerprint density at radius 3 is 2.50 bits per heavy atom. The van der Waals surface area contributed by atoms with Crippen molar-refractivity contribution in [2.45, 2.75) is 82.7 Å². The number of aryl methyl sites for hydroxylation is 1. The van der Waals surface area contributed by atoms with Crippen molar-refractivity contribution in [3.63, 3.8) is 0 Å². The molecule has 1 heterocycles. The van der Waals surface area contributed by atoms with Crippen molar-refractivity contribution >= 4 is 0 Å². The van der Waals surface area contributed by atoms with Gasteiger partial charge in [0.05, 0.1) is 31.0 Å². The molecule has 1 aliphatic carbocycles. The van der Waals surface area contributed by atoms with E-state index in [1.165, 1.54) is 48.8 Å². The molecule has 4 nitrogen and oxygen atoms in total. The van der Waals surface area contributed by atoms with Crippen molar-refractivity contribution in [3.8, 4) is 5.75 Å². The zero-order valence-electron chi connectivity index (χ0n) is 17.9. The van der Waals surface area contributed by atoms with Gasteiger partial charge in [-0.15, -0.1) is 0 Å². The molecule has 2 aromatic carbocycles. The first-order valence-corrected chi connectivity index (χ1v) is 11.4. The number of hydrogen-bond donors (Lipinski definition) is 2. The van der Waals surface area contributed by atoms with E-state index in [1.807, 2.05) is 0 Å². The molecular formula is C26H34O4. The molecule has 4 rings (SSSR count). The minimum absolute atomic E-state index is 0.0540. The first kappa shape index (κ1) is 21.4. The Labute approximate surface area is 179 Å². The number of aliphatic hydroxyl groups is 2. The normalized spacial score (nSPS) is 25.2. The third-order valence-electron chi connectivity index (χ3n) is 6.50. The van der Waals surface area contributed by atoms with Crippen molar-refractivity contribution in [2.24, 2.45) is 0 Å². The molecule has 1 saturated heterocycles. The van der Waals surface area contributed by atoms with Crippen LogP contribution in [0.5, 0.6) is 5.75 Å². The maximum atomic E-state index is 10.1. The standard InChI is InChI=1S/C26H34O4/c1-18-7-10-20(26-16-22(28)15-25(17-27)30-26)14-21(18)13-19-8-11-24(12-9-19)29-23-5-3-2-4-6-23/h7-12,14,22-23,25-28H,2-6,13,15-17H2,1H3. The Morgan fingerprint density at radius 1 is 1.00 bits per heavy atom. The molecule has 2 N–H and O–H groups in total. The Bertz CT molecular complexity index is 810. The highest BCUT2D eigenvalue weighted by atomic mass is 16.5. The molecule has 2 aromatic rings. The Morgan fingerprint density at radius 2 is 1.77 bits per heavy atom. The van der Waals surface area contributed by atoms with E-state index in [0.717, 1.165) is 17.7 Å². The van der Waals surface area contributed by atoms with Crippen LogP contribution < -0.4 is 4.74 Å². The molecule has 1 aliphatic heterocycles. The lowest BCUT2D eigenvalue weighted by Gasteiger charge is -2.32. The first-order chi connectivity index (χ1) is 14.6. The van der Waals surface area contributed by atoms with Crippen LogP contribution in [0.25, 0.3) is 0 Å². The topological polar surface area (TPSA) is 58.9 Å². The van der Waals surface area contributed by atoms with Crippen LogP contribution in [0.15, 0.2) is 42.5 Å². The van der Waals surface area contributed by atoms with Crippen LogP contribution in [0.3, 0.4) is 0 Å². The smallest absolute Gasteiger partial charge is 0.119 e. The molecule has 30 heavy (non-hydrogen) atoms. The second-order valence-corrected chi connectivity index (χ2v) is 8.94. The first-order valence-electron chi connectivity index (χ1n) is 11.4. The fourth-order valence-electron chi connectivity index (χ4n) is 4.69. The minimum atomic E-state index is -0.428. The lowest BCUT2D eigenvalue weighted by molar-refractivity contribution is -0.113. The van der Waals surface area contributed by atoms with Crippen molar-refractivity contribution < 1.29 is 19.7 Å². The maximum Gasteiger partial charge on any atom is 0.119 e. The Kier molecular flexibility index (Phi) is 7.08. The van der Waals surface area contributed by atoms with Gasteiger partial charge >= 0.3 is 0 Å². The van der Waals surface area contributed by atoms with Gasteiger partial charge in [-0.2, -0.15) is 0 Å². The van der Waals surface area contributed by atoms with E-state index < -0.39 is 6.10 Å². The predicted octanol–water partition coefficient (Wildman–Crippen LogP) is 4.87. The predicted molar refractivity (Wildman–Crippen MR) is 118 cm³/mol. The monoisotopic (exact) mass is 410 g/mol. The van der Waals surface area contributed by atoms with E-state index in [2.05, 4.69) is 49.4 Å². The fraction of sp³-hybridized carbons (Fsp3) is 0.538. The third-order valence-corrected chi connectivity index (χ3v) is 6.50. The summed E-state index contributed by atoms with van der Waals surface area (Å²) in [7, 11) is 0. The molecule has 2 aliphatic rings. The molecule has 0 aromatic heterocycles. The quantitative estimate of drug-likeness (QED) is 0.713. The highest BCUT2D eigenvalue weighted by Gasteiger charge is 2.29. The SMILES string of the molecule is Cc1ccc(C2CC(O)CC(CO)O2)cc1Cc1ccc(OC2CCCCC2)cc1. The molecule has 162 valence electrons. The molecule has 2 fully saturated rings. The van der Waals surface area contributed by atoms with Gasteiger partial charge in [0, 0.05) is 12.8 Å². The second kappa shape index (κ2) is 9.95. The van der Waals surface area contributed by atoms with Gasteiger partial charge in [0.15, 0.2) is 0 Å². The van der Waals surface area contributed by atoms with Crippen molar-refractivity contribution in [1.29, 1.82) is 0 Å². The second-order valence-electron chi connectivity index (χ2n) is 8.94. The van der Waals surface area contributed by atoms with E-state index in [1.54, 1.807) is 0 Å². The third kappa shape index (κ3) is 5.42. The summed E-state index contributed by atoms with van der Waals surface area (Å²) in [5.74, 6) is 0.968. The summed E-state index contributed by atoms with van der Waals surface area (Å²) in [6.07, 6.45) is 7.64. The van der Waals surface area contributed by atoms with Gasteiger partial charge in [0.25, 0.3) is 0 Å². The molecule has 4 heteroatoms. The summed E-state index contributed by atoms with van der Waals surface area (Å²) in [6, 6.07) is 14.9. The van der Waals surface area contributed by atoms with Crippen LogP contribution in [0.4, 0.5) is 0 Å². The van der Waals surface area contributed by atoms with Crippen molar-refractivity contribution in [3.05, 3.63) is 64.7 Å². The van der Waals surface area contributed by atoms with Crippen LogP contribution in [-0.2, 0) is 11.2 Å². The molecule has 0 amide bonds. The summed E-state index contributed by atoms with van der Waals surface area (Å²) in [5, 5.41) is 19.6. The number of benzene rings is 2. The molecule has 3 unspecified atom stereocenters. The number of rotatable bonds is 6. The summed E-state index contributed by atoms with van der Waals surface area (Å²) in [4.78, 5) is 0. The van der Waals surface area contributed by atoms with Crippen molar-refractivity contribution in [2.75, 3.05) is 6.61 Å². The van der Waals surface area contributed by atoms with Crippen LogP contribution in [0.2, 0.25) is 0 Å². The van der Waals surface area contributed by atoms with Gasteiger partial charge in [0.1, 0.15) is 5.75 Å². The number of hydrogen-bond acceptors (Lipinski definition) is 4. The minimum Gasteiger partial charge on any atom is -0.490 e. The van der Waals surface area contributed by atoms with E-state index in [4.69, 9.17) is 9.47 Å². The number of ether oxygens (including phenoxy) is 2. The van der Waals surface area contributed by atoms with Gasteiger partial charge in [-0.25, -0.2) is 0 Å². The zero-order chi connectivity index (χ0) is 20.9. The largest absolute Gasteiger partial charge is 0.490 e. The average molecular weight is 411 g/mol. The molecule has 0 radical (unpaired) electrons. The lowest BCUT2D eigenvalue weighted by Crippen LogP contribution is -2.33. The van der Waals surface area contributed by atoms with Gasteiger partial charge in [-0.1, -0.05) is 36.8 Å².